The fraction of sp³-hybridized carbons (Fsp3) is 0.474. The Morgan fingerprint density at radius 1 is 1.23 bits per heavy atom. The molecule has 1 amide bonds. The van der Waals surface area contributed by atoms with Gasteiger partial charge in [0, 0.05) is 35.6 Å². The largest absolute Gasteiger partial charge is 0.435 e. The molecule has 0 unspecified atom stereocenters. The molecule has 3 heterocycles. The van der Waals surface area contributed by atoms with Crippen LogP contribution in [0, 0.1) is 6.92 Å². The Balaban J connectivity index is 1.41. The minimum absolute atomic E-state index is 0.0384. The molecule has 160 valence electrons. The maximum atomic E-state index is 13.0. The molecule has 1 saturated carbocycles. The highest BCUT2D eigenvalue weighted by atomic mass is 19.4. The van der Waals surface area contributed by atoms with Crippen molar-refractivity contribution < 1.29 is 18.0 Å². The van der Waals surface area contributed by atoms with E-state index in [1.54, 1.807) is 17.1 Å². The first-order valence-electron chi connectivity index (χ1n) is 9.73. The summed E-state index contributed by atoms with van der Waals surface area (Å²) in [7, 11) is 0. The number of carbonyl (C=O) groups excluding carboxylic acids is 1. The van der Waals surface area contributed by atoms with Crippen molar-refractivity contribution in [1.82, 2.24) is 29.3 Å². The Bertz CT molecular complexity index is 1060. The molecule has 0 spiro atoms. The van der Waals surface area contributed by atoms with Crippen molar-refractivity contribution in [3.05, 3.63) is 47.3 Å². The quantitative estimate of drug-likeness (QED) is 0.635. The van der Waals surface area contributed by atoms with Gasteiger partial charge in [-0.1, -0.05) is 0 Å². The number of nitrogens with zero attached hydrogens (tertiary/aromatic N) is 6. The van der Waals surface area contributed by atoms with Gasteiger partial charge in [-0.2, -0.15) is 28.5 Å². The fourth-order valence-electron chi connectivity index (χ4n) is 3.39. The van der Waals surface area contributed by atoms with Gasteiger partial charge in [-0.25, -0.2) is 0 Å². The third kappa shape index (κ3) is 4.24. The zero-order valence-electron chi connectivity index (χ0n) is 16.6. The summed E-state index contributed by atoms with van der Waals surface area (Å²) >= 11 is 0. The van der Waals surface area contributed by atoms with E-state index in [4.69, 9.17) is 0 Å². The number of rotatable bonds is 7. The molecule has 30 heavy (non-hydrogen) atoms. The highest BCUT2D eigenvalue weighted by Gasteiger charge is 2.38. The number of aromatic nitrogens is 6. The molecule has 8 nitrogen and oxygen atoms in total. The lowest BCUT2D eigenvalue weighted by Gasteiger charge is -2.07. The van der Waals surface area contributed by atoms with Crippen molar-refractivity contribution in [2.24, 2.45) is 0 Å². The third-order valence-electron chi connectivity index (χ3n) is 5.14. The summed E-state index contributed by atoms with van der Waals surface area (Å²) in [5, 5.41) is 14.8. The molecule has 4 rings (SSSR count). The van der Waals surface area contributed by atoms with Crippen LogP contribution in [-0.4, -0.2) is 35.2 Å². The second-order valence-corrected chi connectivity index (χ2v) is 7.43. The average Bonchev–Trinajstić information content (AvgIpc) is 3.11. The van der Waals surface area contributed by atoms with E-state index in [9.17, 15) is 18.0 Å². The normalized spacial score (nSPS) is 14.3. The third-order valence-corrected chi connectivity index (χ3v) is 5.14. The zero-order chi connectivity index (χ0) is 21.5. The van der Waals surface area contributed by atoms with Gasteiger partial charge in [-0.15, -0.1) is 0 Å². The lowest BCUT2D eigenvalue weighted by atomic mass is 10.2. The fourth-order valence-corrected chi connectivity index (χ4v) is 3.39. The maximum absolute atomic E-state index is 13.0. The highest BCUT2D eigenvalue weighted by Crippen LogP contribution is 2.42. The van der Waals surface area contributed by atoms with Crippen molar-refractivity contribution in [1.29, 1.82) is 0 Å². The van der Waals surface area contributed by atoms with Crippen LogP contribution in [0.1, 0.15) is 48.3 Å². The SMILES string of the molecule is CCn1ncc(Cn2cc(NC(=O)Cn3nc(C(F)(F)F)cc3C3CC3)cn2)c1C. The number of aryl methyl sites for hydroxylation is 1. The van der Waals surface area contributed by atoms with E-state index in [1.165, 1.54) is 6.20 Å². The molecule has 1 fully saturated rings. The van der Waals surface area contributed by atoms with Crippen LogP contribution >= 0.6 is 0 Å². The predicted molar refractivity (Wildman–Crippen MR) is 102 cm³/mol. The number of hydrogen-bond donors (Lipinski definition) is 1. The van der Waals surface area contributed by atoms with Crippen LogP contribution in [0.15, 0.2) is 24.7 Å². The minimum Gasteiger partial charge on any atom is -0.322 e. The molecule has 0 atom stereocenters. The first-order chi connectivity index (χ1) is 14.2. The number of carbonyl (C=O) groups is 1. The summed E-state index contributed by atoms with van der Waals surface area (Å²) in [6.45, 7) is 4.99. The Kier molecular flexibility index (Phi) is 5.12. The second-order valence-electron chi connectivity index (χ2n) is 7.43. The summed E-state index contributed by atoms with van der Waals surface area (Å²) in [5.41, 5.74) is 2.02. The van der Waals surface area contributed by atoms with Crippen LogP contribution in [0.4, 0.5) is 18.9 Å². The van der Waals surface area contributed by atoms with Gasteiger partial charge in [0.1, 0.15) is 6.54 Å². The van der Waals surface area contributed by atoms with Gasteiger partial charge in [-0.05, 0) is 32.8 Å². The molecule has 0 aliphatic heterocycles. The van der Waals surface area contributed by atoms with E-state index in [1.807, 2.05) is 18.5 Å². The Labute approximate surface area is 170 Å². The van der Waals surface area contributed by atoms with Crippen molar-refractivity contribution in [2.75, 3.05) is 5.32 Å². The molecule has 1 N–H and O–H groups in total. The molecule has 11 heteroatoms. The standard InChI is InChI=1S/C19H22F3N7O/c1-3-28-12(2)14(7-24-28)9-27-10-15(8-23-27)25-18(30)11-29-16(13-4-5-13)6-17(26-29)19(20,21)22/h6-8,10,13H,3-5,9,11H2,1-2H3,(H,25,30). The van der Waals surface area contributed by atoms with Crippen molar-refractivity contribution in [2.45, 2.75) is 58.4 Å². The minimum atomic E-state index is -4.53. The Morgan fingerprint density at radius 3 is 2.63 bits per heavy atom. The van der Waals surface area contributed by atoms with Gasteiger partial charge in [0.15, 0.2) is 5.69 Å². The van der Waals surface area contributed by atoms with Gasteiger partial charge in [-0.3, -0.25) is 18.8 Å². The molecule has 0 saturated heterocycles. The lowest BCUT2D eigenvalue weighted by molar-refractivity contribution is -0.141. The van der Waals surface area contributed by atoms with E-state index in [2.05, 4.69) is 20.6 Å². The van der Waals surface area contributed by atoms with E-state index in [0.717, 1.165) is 41.4 Å². The average molecular weight is 421 g/mol. The molecule has 0 radical (unpaired) electrons. The number of alkyl halides is 3. The van der Waals surface area contributed by atoms with Gasteiger partial charge in [0.2, 0.25) is 5.91 Å². The summed E-state index contributed by atoms with van der Waals surface area (Å²) in [4.78, 5) is 12.4. The first kappa shape index (κ1) is 20.2. The summed E-state index contributed by atoms with van der Waals surface area (Å²) in [5.74, 6) is -0.417. The predicted octanol–water partition coefficient (Wildman–Crippen LogP) is 3.19. The number of anilines is 1. The number of amides is 1. The summed E-state index contributed by atoms with van der Waals surface area (Å²) in [6, 6.07) is 1.04. The monoisotopic (exact) mass is 421 g/mol. The van der Waals surface area contributed by atoms with Gasteiger partial charge in [0.05, 0.1) is 24.6 Å². The Morgan fingerprint density at radius 2 is 2.00 bits per heavy atom. The topological polar surface area (TPSA) is 82.6 Å². The smallest absolute Gasteiger partial charge is 0.322 e. The summed E-state index contributed by atoms with van der Waals surface area (Å²) in [6.07, 6.45) is 2.05. The van der Waals surface area contributed by atoms with Gasteiger partial charge >= 0.3 is 6.18 Å². The number of halogens is 3. The van der Waals surface area contributed by atoms with E-state index < -0.39 is 17.8 Å². The van der Waals surface area contributed by atoms with Gasteiger partial charge < -0.3 is 5.32 Å². The zero-order valence-corrected chi connectivity index (χ0v) is 16.6. The Hall–Kier alpha value is -3.11. The maximum Gasteiger partial charge on any atom is 0.435 e. The molecular weight excluding hydrogens is 399 g/mol. The highest BCUT2D eigenvalue weighted by molar-refractivity contribution is 5.90. The van der Waals surface area contributed by atoms with Crippen LogP contribution in [0.2, 0.25) is 0 Å². The number of nitrogens with one attached hydrogen (secondary N) is 1. The van der Waals surface area contributed by atoms with Crippen LogP contribution in [-0.2, 0) is 30.6 Å². The molecule has 3 aromatic rings. The van der Waals surface area contributed by atoms with E-state index >= 15 is 0 Å². The van der Waals surface area contributed by atoms with E-state index in [0.29, 0.717) is 17.9 Å². The van der Waals surface area contributed by atoms with E-state index in [-0.39, 0.29) is 12.5 Å². The van der Waals surface area contributed by atoms with Crippen LogP contribution in [0.3, 0.4) is 0 Å². The summed E-state index contributed by atoms with van der Waals surface area (Å²) < 4.78 is 43.7. The van der Waals surface area contributed by atoms with Crippen molar-refractivity contribution in [3.63, 3.8) is 0 Å². The van der Waals surface area contributed by atoms with Crippen LogP contribution in [0.25, 0.3) is 0 Å². The lowest BCUT2D eigenvalue weighted by Crippen LogP contribution is -2.21. The molecule has 3 aromatic heterocycles. The number of hydrogen-bond acceptors (Lipinski definition) is 4. The molecular formula is C19H22F3N7O. The molecule has 1 aliphatic rings. The molecule has 0 aromatic carbocycles. The van der Waals surface area contributed by atoms with Crippen molar-refractivity contribution >= 4 is 11.6 Å². The van der Waals surface area contributed by atoms with Crippen LogP contribution in [0.5, 0.6) is 0 Å². The van der Waals surface area contributed by atoms with Crippen molar-refractivity contribution in [3.8, 4) is 0 Å². The molecule has 1 aliphatic carbocycles. The second kappa shape index (κ2) is 7.62. The van der Waals surface area contributed by atoms with Crippen LogP contribution < -0.4 is 5.32 Å². The molecule has 0 bridgehead atoms. The van der Waals surface area contributed by atoms with Gasteiger partial charge in [0.25, 0.3) is 0 Å². The first-order valence-corrected chi connectivity index (χ1v) is 9.73.